The summed E-state index contributed by atoms with van der Waals surface area (Å²) in [5, 5.41) is 4.52. The van der Waals surface area contributed by atoms with Gasteiger partial charge in [0.15, 0.2) is 17.3 Å². The summed E-state index contributed by atoms with van der Waals surface area (Å²) in [6, 6.07) is 3.52. The second kappa shape index (κ2) is 8.25. The summed E-state index contributed by atoms with van der Waals surface area (Å²) in [6.07, 6.45) is 4.81. The molecular formula is C17H23Cl2N3O3. The summed E-state index contributed by atoms with van der Waals surface area (Å²) in [5.41, 5.74) is 6.58. The molecule has 138 valence electrons. The van der Waals surface area contributed by atoms with Gasteiger partial charge in [0.05, 0.1) is 24.3 Å². The van der Waals surface area contributed by atoms with E-state index in [2.05, 4.69) is 10.1 Å². The van der Waals surface area contributed by atoms with Gasteiger partial charge in [-0.25, -0.2) is 0 Å². The molecule has 6 nitrogen and oxygen atoms in total. The van der Waals surface area contributed by atoms with Crippen LogP contribution in [-0.2, 0) is 5.54 Å². The molecule has 0 aliphatic heterocycles. The van der Waals surface area contributed by atoms with Crippen LogP contribution in [0.4, 0.5) is 0 Å². The van der Waals surface area contributed by atoms with Crippen molar-refractivity contribution in [3.8, 4) is 23.0 Å². The van der Waals surface area contributed by atoms with Crippen LogP contribution in [0, 0.1) is 0 Å². The average Bonchev–Trinajstić information content (AvgIpc) is 3.23. The van der Waals surface area contributed by atoms with Gasteiger partial charge in [0.2, 0.25) is 0 Å². The first-order chi connectivity index (χ1) is 11.6. The van der Waals surface area contributed by atoms with Gasteiger partial charge in [-0.1, -0.05) is 36.5 Å². The maximum Gasteiger partial charge on any atom is 0.258 e. The molecule has 0 amide bonds. The number of benzene rings is 1. The zero-order valence-corrected chi connectivity index (χ0v) is 16.0. The summed E-state index contributed by atoms with van der Waals surface area (Å²) in [4.78, 5) is 4.48. The molecule has 1 aliphatic carbocycles. The van der Waals surface area contributed by atoms with Gasteiger partial charge in [0, 0.05) is 5.56 Å². The summed E-state index contributed by atoms with van der Waals surface area (Å²) in [7, 11) is 1.57. The van der Waals surface area contributed by atoms with Crippen LogP contribution in [0.25, 0.3) is 11.5 Å². The molecule has 1 aromatic heterocycles. The summed E-state index contributed by atoms with van der Waals surface area (Å²) in [6.45, 7) is 2.59. The standard InChI is InChI=1S/C17H22ClN3O3.ClH/c1-3-8-23-14-12(18)9-11(10-13(14)22-2)15-20-16(21-24-15)17(19)6-4-5-7-17;/h9-10H,3-8,19H2,1-2H3;1H. The lowest BCUT2D eigenvalue weighted by Gasteiger charge is -2.17. The second-order valence-corrected chi connectivity index (χ2v) is 6.53. The second-order valence-electron chi connectivity index (χ2n) is 6.12. The Morgan fingerprint density at radius 1 is 1.32 bits per heavy atom. The average molecular weight is 388 g/mol. The first-order valence-corrected chi connectivity index (χ1v) is 8.59. The summed E-state index contributed by atoms with van der Waals surface area (Å²) in [5.74, 6) is 1.99. The molecule has 2 aromatic rings. The first kappa shape index (κ1) is 19.8. The van der Waals surface area contributed by atoms with Crippen molar-refractivity contribution in [3.05, 3.63) is 23.0 Å². The van der Waals surface area contributed by atoms with Gasteiger partial charge in [-0.2, -0.15) is 4.98 Å². The Hall–Kier alpha value is -1.50. The van der Waals surface area contributed by atoms with Gasteiger partial charge in [-0.05, 0) is 31.4 Å². The van der Waals surface area contributed by atoms with Crippen molar-refractivity contribution in [3.63, 3.8) is 0 Å². The van der Waals surface area contributed by atoms with Gasteiger partial charge in [-0.3, -0.25) is 0 Å². The highest BCUT2D eigenvalue weighted by atomic mass is 35.5. The van der Waals surface area contributed by atoms with Crippen molar-refractivity contribution in [2.75, 3.05) is 13.7 Å². The fourth-order valence-electron chi connectivity index (χ4n) is 2.96. The minimum atomic E-state index is -0.486. The Labute approximate surface area is 158 Å². The number of hydrogen-bond donors (Lipinski definition) is 1. The summed E-state index contributed by atoms with van der Waals surface area (Å²) < 4.78 is 16.5. The van der Waals surface area contributed by atoms with E-state index in [0.717, 1.165) is 32.1 Å². The highest BCUT2D eigenvalue weighted by molar-refractivity contribution is 6.32. The number of aromatic nitrogens is 2. The molecule has 1 saturated carbocycles. The van der Waals surface area contributed by atoms with E-state index in [4.69, 9.17) is 31.3 Å². The van der Waals surface area contributed by atoms with Crippen LogP contribution in [0.5, 0.6) is 11.5 Å². The van der Waals surface area contributed by atoms with E-state index >= 15 is 0 Å². The monoisotopic (exact) mass is 387 g/mol. The summed E-state index contributed by atoms with van der Waals surface area (Å²) >= 11 is 6.34. The quantitative estimate of drug-likeness (QED) is 0.793. The highest BCUT2D eigenvalue weighted by Crippen LogP contribution is 2.40. The molecule has 1 aliphatic rings. The fourth-order valence-corrected chi connectivity index (χ4v) is 3.23. The number of nitrogens with zero attached hydrogens (tertiary/aromatic N) is 2. The lowest BCUT2D eigenvalue weighted by molar-refractivity contribution is 0.294. The number of ether oxygens (including phenoxy) is 2. The normalized spacial score (nSPS) is 15.7. The molecule has 3 rings (SSSR count). The first-order valence-electron chi connectivity index (χ1n) is 8.21. The third kappa shape index (κ3) is 4.02. The van der Waals surface area contributed by atoms with Crippen LogP contribution in [-0.4, -0.2) is 23.9 Å². The van der Waals surface area contributed by atoms with E-state index in [9.17, 15) is 0 Å². The molecule has 0 saturated heterocycles. The van der Waals surface area contributed by atoms with Gasteiger partial charge in [0.1, 0.15) is 0 Å². The van der Waals surface area contributed by atoms with Crippen LogP contribution < -0.4 is 15.2 Å². The molecule has 8 heteroatoms. The Morgan fingerprint density at radius 2 is 2.04 bits per heavy atom. The van der Waals surface area contributed by atoms with E-state index in [0.29, 0.717) is 40.4 Å². The van der Waals surface area contributed by atoms with Crippen molar-refractivity contribution in [2.45, 2.75) is 44.6 Å². The molecule has 1 fully saturated rings. The van der Waals surface area contributed by atoms with Crippen molar-refractivity contribution in [2.24, 2.45) is 5.73 Å². The van der Waals surface area contributed by atoms with E-state index in [1.807, 2.05) is 6.92 Å². The molecule has 25 heavy (non-hydrogen) atoms. The van der Waals surface area contributed by atoms with Crippen molar-refractivity contribution in [1.82, 2.24) is 10.1 Å². The predicted octanol–water partition coefficient (Wildman–Crippen LogP) is 4.34. The predicted molar refractivity (Wildman–Crippen MR) is 98.7 cm³/mol. The number of hydrogen-bond acceptors (Lipinski definition) is 6. The molecule has 1 aromatic carbocycles. The minimum absolute atomic E-state index is 0. The molecule has 0 atom stereocenters. The number of halogens is 2. The van der Waals surface area contributed by atoms with E-state index in [1.54, 1.807) is 19.2 Å². The minimum Gasteiger partial charge on any atom is -0.493 e. The molecular weight excluding hydrogens is 365 g/mol. The third-order valence-corrected chi connectivity index (χ3v) is 4.57. The van der Waals surface area contributed by atoms with Crippen LogP contribution in [0.3, 0.4) is 0 Å². The van der Waals surface area contributed by atoms with E-state index < -0.39 is 5.54 Å². The van der Waals surface area contributed by atoms with Crippen LogP contribution in [0.2, 0.25) is 5.02 Å². The Bertz CT molecular complexity index is 715. The van der Waals surface area contributed by atoms with Crippen LogP contribution in [0.1, 0.15) is 44.9 Å². The number of nitrogens with two attached hydrogens (primary N) is 1. The van der Waals surface area contributed by atoms with Crippen molar-refractivity contribution in [1.29, 1.82) is 0 Å². The van der Waals surface area contributed by atoms with E-state index in [1.165, 1.54) is 0 Å². The topological polar surface area (TPSA) is 83.4 Å². The molecule has 0 bridgehead atoms. The third-order valence-electron chi connectivity index (χ3n) is 4.29. The lowest BCUT2D eigenvalue weighted by Crippen LogP contribution is -2.34. The van der Waals surface area contributed by atoms with E-state index in [-0.39, 0.29) is 12.4 Å². The zero-order chi connectivity index (χ0) is 17.2. The largest absolute Gasteiger partial charge is 0.493 e. The van der Waals surface area contributed by atoms with Crippen LogP contribution >= 0.6 is 24.0 Å². The Kier molecular flexibility index (Phi) is 6.54. The highest BCUT2D eigenvalue weighted by Gasteiger charge is 2.36. The molecule has 2 N–H and O–H groups in total. The number of methoxy groups -OCH3 is 1. The number of rotatable bonds is 6. The molecule has 1 heterocycles. The fraction of sp³-hybridized carbons (Fsp3) is 0.529. The SMILES string of the molecule is CCCOc1c(Cl)cc(-c2nc(C3(N)CCCC3)no2)cc1OC.Cl. The Morgan fingerprint density at radius 3 is 2.68 bits per heavy atom. The zero-order valence-electron chi connectivity index (χ0n) is 14.4. The maximum absolute atomic E-state index is 6.38. The van der Waals surface area contributed by atoms with Gasteiger partial charge >= 0.3 is 0 Å². The molecule has 0 spiro atoms. The maximum atomic E-state index is 6.38. The van der Waals surface area contributed by atoms with Crippen molar-refractivity contribution >= 4 is 24.0 Å². The smallest absolute Gasteiger partial charge is 0.258 e. The lowest BCUT2D eigenvalue weighted by atomic mass is 9.99. The molecule has 0 radical (unpaired) electrons. The van der Waals surface area contributed by atoms with Crippen molar-refractivity contribution < 1.29 is 14.0 Å². The Balaban J connectivity index is 0.00000225. The van der Waals surface area contributed by atoms with Gasteiger partial charge in [0.25, 0.3) is 5.89 Å². The van der Waals surface area contributed by atoms with Gasteiger partial charge in [-0.15, -0.1) is 12.4 Å². The van der Waals surface area contributed by atoms with Crippen LogP contribution in [0.15, 0.2) is 16.7 Å². The van der Waals surface area contributed by atoms with Gasteiger partial charge < -0.3 is 19.7 Å². The molecule has 0 unspecified atom stereocenters.